The molecule has 0 unspecified atom stereocenters. The van der Waals surface area contributed by atoms with Gasteiger partial charge in [0.15, 0.2) is 0 Å². The van der Waals surface area contributed by atoms with Crippen molar-refractivity contribution in [2.75, 3.05) is 0 Å². The van der Waals surface area contributed by atoms with Crippen molar-refractivity contribution in [1.82, 2.24) is 0 Å². The van der Waals surface area contributed by atoms with Crippen LogP contribution >= 0.6 is 0 Å². The molecule has 0 saturated carbocycles. The quantitative estimate of drug-likeness (QED) is 0.0624. The van der Waals surface area contributed by atoms with Crippen molar-refractivity contribution in [1.29, 1.82) is 0 Å². The van der Waals surface area contributed by atoms with Crippen LogP contribution in [0.1, 0.15) is 36.1 Å². The van der Waals surface area contributed by atoms with Gasteiger partial charge in [0.1, 0.15) is 34.5 Å². The van der Waals surface area contributed by atoms with Gasteiger partial charge in [-0.1, -0.05) is 110 Å². The summed E-state index contributed by atoms with van der Waals surface area (Å²) in [6, 6.07) is 45.0. The molecule has 0 spiro atoms. The third kappa shape index (κ3) is 19.7. The van der Waals surface area contributed by atoms with E-state index in [1.165, 1.54) is 0 Å². The predicted octanol–water partition coefficient (Wildman–Crippen LogP) is 8.34. The summed E-state index contributed by atoms with van der Waals surface area (Å²) in [5.74, 6) is 9.91. The number of benzene rings is 6. The molecule has 0 aliphatic carbocycles. The maximum atomic E-state index is 11.6. The number of rotatable bonds is 8. The lowest BCUT2D eigenvalue weighted by Gasteiger charge is -2.01. The van der Waals surface area contributed by atoms with Gasteiger partial charge >= 0.3 is 35.8 Å². The molecule has 0 N–H and O–H groups in total. The van der Waals surface area contributed by atoms with Gasteiger partial charge < -0.3 is 28.4 Å². The molecule has 0 bridgehead atoms. The first-order valence-corrected chi connectivity index (χ1v) is 20.2. The first kappa shape index (κ1) is 49.5. The highest BCUT2D eigenvalue weighted by Crippen LogP contribution is 2.15. The highest BCUT2D eigenvalue weighted by Gasteiger charge is 2.07. The lowest BCUT2D eigenvalue weighted by atomic mass is 10.2. The Morgan fingerprint density at radius 2 is 0.500 bits per heavy atom. The molecular formula is C54H42O12. The molecule has 0 aliphatic rings. The van der Waals surface area contributed by atoms with E-state index in [-0.39, 0.29) is 0 Å². The standard InChI is InChI=1S/C20H18O4.C18H14O4.C16H10O4/c1-3-15-5-9-17(10-6-15)23-19(21)13-14-20(22)24-18-11-7-16(4-2)8-12-18;1-13-3-7-15(8-4-13)21-17(19)11-12-18(20)22-16-9-5-14(2)6-10-16;17-15(19-13-7-3-1-4-8-13)11-12-16(18)20-14-9-5-2-6-10-14/h5-12H,3-4H2,1-2H3;3-10H,1-2H3;1-10H. The number of hydrogen-bond acceptors (Lipinski definition) is 12. The van der Waals surface area contributed by atoms with Crippen LogP contribution in [-0.2, 0) is 41.6 Å². The molecule has 12 nitrogen and oxygen atoms in total. The minimum absolute atomic E-state index is 0.364. The van der Waals surface area contributed by atoms with Crippen LogP contribution in [0, 0.1) is 49.4 Å². The van der Waals surface area contributed by atoms with Crippen molar-refractivity contribution in [2.45, 2.75) is 40.5 Å². The summed E-state index contributed by atoms with van der Waals surface area (Å²) in [6.07, 6.45) is 1.80. The van der Waals surface area contributed by atoms with E-state index in [2.05, 4.69) is 35.5 Å². The Morgan fingerprint density at radius 1 is 0.303 bits per heavy atom. The van der Waals surface area contributed by atoms with Crippen LogP contribution < -0.4 is 28.4 Å². The lowest BCUT2D eigenvalue weighted by Crippen LogP contribution is -2.08. The molecular weight excluding hydrogens is 841 g/mol. The van der Waals surface area contributed by atoms with Crippen LogP contribution in [0.25, 0.3) is 0 Å². The van der Waals surface area contributed by atoms with Gasteiger partial charge in [-0.25, -0.2) is 28.8 Å². The van der Waals surface area contributed by atoms with E-state index < -0.39 is 35.8 Å². The van der Waals surface area contributed by atoms with Crippen LogP contribution in [0.2, 0.25) is 0 Å². The van der Waals surface area contributed by atoms with E-state index in [9.17, 15) is 28.8 Å². The van der Waals surface area contributed by atoms with Gasteiger partial charge in [0, 0.05) is 35.5 Å². The van der Waals surface area contributed by atoms with Crippen molar-refractivity contribution in [3.05, 3.63) is 180 Å². The second-order valence-corrected chi connectivity index (χ2v) is 13.3. The third-order valence-electron chi connectivity index (χ3n) is 8.25. The fourth-order valence-electron chi connectivity index (χ4n) is 4.88. The van der Waals surface area contributed by atoms with Crippen molar-refractivity contribution in [2.24, 2.45) is 0 Å². The van der Waals surface area contributed by atoms with Crippen LogP contribution in [0.4, 0.5) is 0 Å². The van der Waals surface area contributed by atoms with Gasteiger partial charge in [-0.05, 0) is 111 Å². The van der Waals surface area contributed by atoms with E-state index in [0.29, 0.717) is 34.5 Å². The minimum Gasteiger partial charge on any atom is -0.417 e. The summed E-state index contributed by atoms with van der Waals surface area (Å²) >= 11 is 0. The van der Waals surface area contributed by atoms with Crippen LogP contribution in [0.3, 0.4) is 0 Å². The average molecular weight is 883 g/mol. The van der Waals surface area contributed by atoms with Gasteiger partial charge in [-0.15, -0.1) is 0 Å². The zero-order valence-corrected chi connectivity index (χ0v) is 36.3. The molecule has 6 aromatic rings. The molecule has 66 heavy (non-hydrogen) atoms. The molecule has 0 fully saturated rings. The zero-order chi connectivity index (χ0) is 47.5. The number of carbonyl (C=O) groups excluding carboxylic acids is 6. The highest BCUT2D eigenvalue weighted by molar-refractivity contribution is 6.01. The average Bonchev–Trinajstić information content (AvgIpc) is 3.32. The summed E-state index contributed by atoms with van der Waals surface area (Å²) in [5, 5.41) is 0. The highest BCUT2D eigenvalue weighted by atomic mass is 16.6. The van der Waals surface area contributed by atoms with Crippen LogP contribution in [-0.4, -0.2) is 35.8 Å². The van der Waals surface area contributed by atoms with Crippen molar-refractivity contribution < 1.29 is 57.2 Å². The summed E-state index contributed by atoms with van der Waals surface area (Å²) in [4.78, 5) is 68.9. The normalized spacial score (nSPS) is 9.33. The molecule has 6 aromatic carbocycles. The smallest absolute Gasteiger partial charge is 0.390 e. The van der Waals surface area contributed by atoms with E-state index >= 15 is 0 Å². The van der Waals surface area contributed by atoms with Crippen molar-refractivity contribution in [3.8, 4) is 70.0 Å². The SMILES string of the molecule is CCc1ccc(OC(=O)C#CC(=O)Oc2ccc(CC)cc2)cc1.Cc1ccc(OC(=O)C#CC(=O)Oc2ccc(C)cc2)cc1.O=C(C#CC(=O)Oc1ccccc1)Oc1ccccc1. The number of ether oxygens (including phenoxy) is 6. The largest absolute Gasteiger partial charge is 0.417 e. The maximum absolute atomic E-state index is 11.6. The Labute approximate surface area is 382 Å². The molecule has 0 radical (unpaired) electrons. The summed E-state index contributed by atoms with van der Waals surface area (Å²) in [7, 11) is 0. The molecule has 0 aliphatic heterocycles. The molecule has 6 rings (SSSR count). The van der Waals surface area contributed by atoms with E-state index in [1.54, 1.807) is 109 Å². The molecule has 12 heteroatoms. The van der Waals surface area contributed by atoms with Gasteiger partial charge in [0.2, 0.25) is 0 Å². The molecule has 0 atom stereocenters. The Kier molecular flexibility index (Phi) is 20.2. The van der Waals surface area contributed by atoms with Crippen LogP contribution in [0.15, 0.2) is 158 Å². The maximum Gasteiger partial charge on any atom is 0.390 e. The fraction of sp³-hybridized carbons (Fsp3) is 0.111. The van der Waals surface area contributed by atoms with Gasteiger partial charge in [-0.3, -0.25) is 0 Å². The number of carbonyl (C=O) groups is 6. The monoisotopic (exact) mass is 882 g/mol. The molecule has 0 amide bonds. The van der Waals surface area contributed by atoms with Crippen molar-refractivity contribution in [3.63, 3.8) is 0 Å². The van der Waals surface area contributed by atoms with E-state index in [4.69, 9.17) is 28.4 Å². The number of esters is 6. The number of para-hydroxylation sites is 2. The van der Waals surface area contributed by atoms with E-state index in [1.807, 2.05) is 76.2 Å². The second kappa shape index (κ2) is 27.0. The van der Waals surface area contributed by atoms with Crippen molar-refractivity contribution >= 4 is 35.8 Å². The van der Waals surface area contributed by atoms with Gasteiger partial charge in [0.25, 0.3) is 0 Å². The first-order chi connectivity index (χ1) is 31.9. The molecule has 0 aromatic heterocycles. The van der Waals surface area contributed by atoms with E-state index in [0.717, 1.165) is 35.1 Å². The number of aryl methyl sites for hydroxylation is 4. The minimum atomic E-state index is -0.818. The molecule has 330 valence electrons. The molecule has 0 heterocycles. The Morgan fingerprint density at radius 3 is 0.712 bits per heavy atom. The summed E-state index contributed by atoms with van der Waals surface area (Å²) in [6.45, 7) is 7.92. The van der Waals surface area contributed by atoms with Crippen LogP contribution in [0.5, 0.6) is 34.5 Å². The first-order valence-electron chi connectivity index (χ1n) is 20.2. The zero-order valence-electron chi connectivity index (χ0n) is 36.3. The fourth-order valence-corrected chi connectivity index (χ4v) is 4.88. The summed E-state index contributed by atoms with van der Waals surface area (Å²) < 4.78 is 29.8. The third-order valence-corrected chi connectivity index (χ3v) is 8.25. The molecule has 0 saturated heterocycles. The topological polar surface area (TPSA) is 158 Å². The lowest BCUT2D eigenvalue weighted by molar-refractivity contribution is -0.130. The van der Waals surface area contributed by atoms with Gasteiger partial charge in [-0.2, -0.15) is 0 Å². The number of hydrogen-bond donors (Lipinski definition) is 0. The Balaban J connectivity index is 0.000000217. The summed E-state index contributed by atoms with van der Waals surface area (Å²) in [5.41, 5.74) is 4.37. The predicted molar refractivity (Wildman–Crippen MR) is 244 cm³/mol. The Bertz CT molecular complexity index is 2580. The van der Waals surface area contributed by atoms with Gasteiger partial charge in [0.05, 0.1) is 0 Å². The second-order valence-electron chi connectivity index (χ2n) is 13.3. The Hall–Kier alpha value is -9.18.